The van der Waals surface area contributed by atoms with Crippen LogP contribution in [-0.2, 0) is 4.79 Å². The molecular formula is C16H15ClFNO2. The average Bonchev–Trinajstić information content (AvgIpc) is 2.41. The van der Waals surface area contributed by atoms with Gasteiger partial charge in [-0.1, -0.05) is 23.7 Å². The summed E-state index contributed by atoms with van der Waals surface area (Å²) in [7, 11) is 0. The number of hydrogen-bond acceptors (Lipinski definition) is 2. The van der Waals surface area contributed by atoms with Crippen LogP contribution in [0.2, 0.25) is 5.02 Å². The van der Waals surface area contributed by atoms with Gasteiger partial charge < -0.3 is 10.1 Å². The van der Waals surface area contributed by atoms with Gasteiger partial charge in [0, 0.05) is 5.02 Å². The monoisotopic (exact) mass is 307 g/mol. The van der Waals surface area contributed by atoms with Crippen LogP contribution in [0.1, 0.15) is 12.5 Å². The highest BCUT2D eigenvalue weighted by Gasteiger charge is 2.16. The Balaban J connectivity index is 2.02. The van der Waals surface area contributed by atoms with E-state index >= 15 is 0 Å². The minimum absolute atomic E-state index is 0.0732. The first kappa shape index (κ1) is 15.3. The van der Waals surface area contributed by atoms with E-state index < -0.39 is 17.8 Å². The molecule has 5 heteroatoms. The Hall–Kier alpha value is -2.07. The van der Waals surface area contributed by atoms with E-state index in [0.29, 0.717) is 5.75 Å². The molecule has 0 aliphatic heterocycles. The van der Waals surface area contributed by atoms with Gasteiger partial charge in [-0.15, -0.1) is 0 Å². The van der Waals surface area contributed by atoms with Crippen molar-refractivity contribution < 1.29 is 13.9 Å². The molecule has 2 aromatic carbocycles. The van der Waals surface area contributed by atoms with Crippen LogP contribution < -0.4 is 10.1 Å². The number of hydrogen-bond donors (Lipinski definition) is 1. The number of halogens is 2. The van der Waals surface area contributed by atoms with E-state index in [1.807, 2.05) is 25.1 Å². The molecule has 21 heavy (non-hydrogen) atoms. The van der Waals surface area contributed by atoms with E-state index in [9.17, 15) is 9.18 Å². The van der Waals surface area contributed by atoms with Crippen LogP contribution in [0.3, 0.4) is 0 Å². The number of amides is 1. The summed E-state index contributed by atoms with van der Waals surface area (Å²) in [5.41, 5.74) is 1.10. The first-order valence-corrected chi connectivity index (χ1v) is 6.83. The van der Waals surface area contributed by atoms with Crippen LogP contribution >= 0.6 is 11.6 Å². The van der Waals surface area contributed by atoms with Crippen molar-refractivity contribution in [2.75, 3.05) is 5.32 Å². The van der Waals surface area contributed by atoms with E-state index in [1.165, 1.54) is 12.1 Å². The van der Waals surface area contributed by atoms with Gasteiger partial charge in [0.2, 0.25) is 0 Å². The Morgan fingerprint density at radius 1 is 1.29 bits per heavy atom. The third-order valence-corrected chi connectivity index (χ3v) is 3.10. The quantitative estimate of drug-likeness (QED) is 0.919. The zero-order valence-corrected chi connectivity index (χ0v) is 12.4. The minimum Gasteiger partial charge on any atom is -0.481 e. The Kier molecular flexibility index (Phi) is 4.81. The number of anilines is 1. The van der Waals surface area contributed by atoms with Crippen LogP contribution in [0.25, 0.3) is 0 Å². The Morgan fingerprint density at radius 2 is 2.05 bits per heavy atom. The Bertz CT molecular complexity index is 660. The maximum absolute atomic E-state index is 13.6. The highest BCUT2D eigenvalue weighted by molar-refractivity contribution is 6.30. The van der Waals surface area contributed by atoms with Crippen LogP contribution in [0.5, 0.6) is 5.75 Å². The third-order valence-electron chi connectivity index (χ3n) is 2.86. The molecule has 3 nitrogen and oxygen atoms in total. The molecule has 0 radical (unpaired) electrons. The standard InChI is InChI=1S/C16H15ClFNO2/c1-10-4-3-5-13(8-10)21-11(2)16(20)19-15-7-6-12(17)9-14(15)18/h3-9,11H,1-2H3,(H,19,20). The first-order chi connectivity index (χ1) is 9.95. The number of benzene rings is 2. The van der Waals surface area contributed by atoms with Gasteiger partial charge in [0.1, 0.15) is 11.6 Å². The third kappa shape index (κ3) is 4.20. The van der Waals surface area contributed by atoms with Gasteiger partial charge in [-0.3, -0.25) is 4.79 Å². The lowest BCUT2D eigenvalue weighted by Gasteiger charge is -2.15. The van der Waals surface area contributed by atoms with Crippen molar-refractivity contribution in [1.82, 2.24) is 0 Å². The predicted octanol–water partition coefficient (Wildman–Crippen LogP) is 4.19. The maximum Gasteiger partial charge on any atom is 0.265 e. The lowest BCUT2D eigenvalue weighted by Crippen LogP contribution is -2.30. The summed E-state index contributed by atoms with van der Waals surface area (Å²) in [5, 5.41) is 2.75. The second-order valence-electron chi connectivity index (χ2n) is 4.69. The van der Waals surface area contributed by atoms with Crippen molar-refractivity contribution >= 4 is 23.2 Å². The van der Waals surface area contributed by atoms with Gasteiger partial charge in [0.15, 0.2) is 6.10 Å². The number of ether oxygens (including phenoxy) is 1. The van der Waals surface area contributed by atoms with Crippen LogP contribution in [0, 0.1) is 12.7 Å². The number of aryl methyl sites for hydroxylation is 1. The fourth-order valence-corrected chi connectivity index (χ4v) is 1.93. The van der Waals surface area contributed by atoms with Crippen molar-refractivity contribution in [3.8, 4) is 5.75 Å². The molecule has 1 N–H and O–H groups in total. The zero-order valence-electron chi connectivity index (χ0n) is 11.7. The summed E-state index contributed by atoms with van der Waals surface area (Å²) in [6, 6.07) is 11.4. The fraction of sp³-hybridized carbons (Fsp3) is 0.188. The van der Waals surface area contributed by atoms with Crippen LogP contribution in [0.4, 0.5) is 10.1 Å². The molecule has 1 atom stereocenters. The molecule has 0 saturated heterocycles. The summed E-state index contributed by atoms with van der Waals surface area (Å²) in [5.74, 6) is -0.425. The number of carbonyl (C=O) groups excluding carboxylic acids is 1. The summed E-state index contributed by atoms with van der Waals surface area (Å²) in [6.07, 6.45) is -0.748. The predicted molar refractivity (Wildman–Crippen MR) is 81.3 cm³/mol. The first-order valence-electron chi connectivity index (χ1n) is 6.45. The van der Waals surface area contributed by atoms with Gasteiger partial charge in [0.25, 0.3) is 5.91 Å². The van der Waals surface area contributed by atoms with E-state index in [0.717, 1.165) is 11.6 Å². The SMILES string of the molecule is Cc1cccc(OC(C)C(=O)Nc2ccc(Cl)cc2F)c1. The van der Waals surface area contributed by atoms with Crippen molar-refractivity contribution in [3.05, 3.63) is 58.9 Å². The van der Waals surface area contributed by atoms with E-state index in [-0.39, 0.29) is 10.7 Å². The molecule has 0 fully saturated rings. The summed E-state index contributed by atoms with van der Waals surface area (Å²) >= 11 is 5.66. The van der Waals surface area contributed by atoms with Crippen molar-refractivity contribution in [1.29, 1.82) is 0 Å². The smallest absolute Gasteiger partial charge is 0.265 e. The van der Waals surface area contributed by atoms with Crippen molar-refractivity contribution in [2.45, 2.75) is 20.0 Å². The maximum atomic E-state index is 13.6. The minimum atomic E-state index is -0.748. The molecule has 1 amide bonds. The van der Waals surface area contributed by atoms with Crippen LogP contribution in [-0.4, -0.2) is 12.0 Å². The highest BCUT2D eigenvalue weighted by atomic mass is 35.5. The molecule has 2 rings (SSSR count). The largest absolute Gasteiger partial charge is 0.481 e. The molecule has 0 aliphatic rings. The average molecular weight is 308 g/mol. The topological polar surface area (TPSA) is 38.3 Å². The van der Waals surface area contributed by atoms with Crippen molar-refractivity contribution in [3.63, 3.8) is 0 Å². The summed E-state index contributed by atoms with van der Waals surface area (Å²) < 4.78 is 19.1. The van der Waals surface area contributed by atoms with Gasteiger partial charge in [-0.2, -0.15) is 0 Å². The number of carbonyl (C=O) groups is 1. The molecule has 0 aromatic heterocycles. The summed E-state index contributed by atoms with van der Waals surface area (Å²) in [6.45, 7) is 3.53. The van der Waals surface area contributed by atoms with E-state index in [4.69, 9.17) is 16.3 Å². The molecular weight excluding hydrogens is 293 g/mol. The molecule has 0 saturated carbocycles. The van der Waals surface area contributed by atoms with Gasteiger partial charge in [0.05, 0.1) is 5.69 Å². The second-order valence-corrected chi connectivity index (χ2v) is 5.13. The molecule has 0 aliphatic carbocycles. The number of rotatable bonds is 4. The molecule has 1 unspecified atom stereocenters. The molecule has 0 bridgehead atoms. The van der Waals surface area contributed by atoms with E-state index in [1.54, 1.807) is 13.0 Å². The van der Waals surface area contributed by atoms with Crippen molar-refractivity contribution in [2.24, 2.45) is 0 Å². The fourth-order valence-electron chi connectivity index (χ4n) is 1.77. The molecule has 0 spiro atoms. The van der Waals surface area contributed by atoms with Gasteiger partial charge >= 0.3 is 0 Å². The molecule has 2 aromatic rings. The Labute approximate surface area is 127 Å². The normalized spacial score (nSPS) is 11.8. The number of nitrogens with one attached hydrogen (secondary N) is 1. The molecule has 110 valence electrons. The van der Waals surface area contributed by atoms with E-state index in [2.05, 4.69) is 5.32 Å². The van der Waals surface area contributed by atoms with Crippen LogP contribution in [0.15, 0.2) is 42.5 Å². The highest BCUT2D eigenvalue weighted by Crippen LogP contribution is 2.20. The van der Waals surface area contributed by atoms with Gasteiger partial charge in [-0.05, 0) is 49.7 Å². The Morgan fingerprint density at radius 3 is 2.71 bits per heavy atom. The lowest BCUT2D eigenvalue weighted by atomic mass is 10.2. The summed E-state index contributed by atoms with van der Waals surface area (Å²) in [4.78, 5) is 12.0. The second kappa shape index (κ2) is 6.59. The molecule has 0 heterocycles. The lowest BCUT2D eigenvalue weighted by molar-refractivity contribution is -0.122. The zero-order chi connectivity index (χ0) is 15.4. The van der Waals surface area contributed by atoms with Gasteiger partial charge in [-0.25, -0.2) is 4.39 Å².